The SMILES string of the molecule is CS(C)(C)CCOCn1nc(C(F)(F)F)nc1-c1ccc(-c2ccc(OCc3ccccc3)cc2)nc1. The second-order valence-electron chi connectivity index (χ2n) is 9.32. The Morgan fingerprint density at radius 1 is 0.892 bits per heavy atom. The molecule has 0 N–H and O–H groups in total. The first-order chi connectivity index (χ1) is 17.6. The first-order valence-electron chi connectivity index (χ1n) is 11.6. The third-order valence-corrected chi connectivity index (χ3v) is 6.79. The Kier molecular flexibility index (Phi) is 8.19. The van der Waals surface area contributed by atoms with Crippen LogP contribution in [0.3, 0.4) is 0 Å². The summed E-state index contributed by atoms with van der Waals surface area (Å²) in [6.45, 7) is 0.774. The van der Waals surface area contributed by atoms with Crippen LogP contribution in [0.15, 0.2) is 72.9 Å². The van der Waals surface area contributed by atoms with Crippen molar-refractivity contribution in [2.75, 3.05) is 31.1 Å². The maximum Gasteiger partial charge on any atom is 0.453 e. The predicted octanol–water partition coefficient (Wildman–Crippen LogP) is 6.27. The largest absolute Gasteiger partial charge is 0.489 e. The lowest BCUT2D eigenvalue weighted by atomic mass is 10.1. The summed E-state index contributed by atoms with van der Waals surface area (Å²) in [5.41, 5.74) is 3.01. The van der Waals surface area contributed by atoms with E-state index >= 15 is 0 Å². The number of hydrogen-bond donors (Lipinski definition) is 0. The number of pyridine rings is 1. The summed E-state index contributed by atoms with van der Waals surface area (Å²) < 4.78 is 52.5. The van der Waals surface area contributed by atoms with E-state index in [2.05, 4.69) is 33.8 Å². The van der Waals surface area contributed by atoms with Crippen LogP contribution in [0.4, 0.5) is 13.2 Å². The zero-order valence-corrected chi connectivity index (χ0v) is 21.7. The number of benzene rings is 2. The van der Waals surface area contributed by atoms with Crippen LogP contribution in [-0.2, 0) is 24.3 Å². The molecule has 0 atom stereocenters. The lowest BCUT2D eigenvalue weighted by molar-refractivity contribution is -0.145. The summed E-state index contributed by atoms with van der Waals surface area (Å²) in [5.74, 6) is 0.419. The van der Waals surface area contributed by atoms with E-state index in [0.29, 0.717) is 24.5 Å². The standard InChI is InChI=1S/C27H29F3N4O2S/c1-37(2,3)16-15-35-19-34-25(32-26(33-34)27(28,29)30)22-11-14-24(31-17-22)21-9-12-23(13-10-21)36-18-20-7-5-4-6-8-20/h4-14,17H,15-16,18-19H2,1-3H3. The van der Waals surface area contributed by atoms with Gasteiger partial charge in [0.2, 0.25) is 0 Å². The van der Waals surface area contributed by atoms with Gasteiger partial charge in [0.15, 0.2) is 5.82 Å². The number of ether oxygens (including phenoxy) is 2. The van der Waals surface area contributed by atoms with Gasteiger partial charge < -0.3 is 9.47 Å². The molecule has 2 aromatic heterocycles. The lowest BCUT2D eigenvalue weighted by Gasteiger charge is -2.24. The third-order valence-electron chi connectivity index (χ3n) is 5.40. The average Bonchev–Trinajstić information content (AvgIpc) is 3.31. The molecule has 0 spiro atoms. The molecule has 0 saturated carbocycles. The normalized spacial score (nSPS) is 12.5. The van der Waals surface area contributed by atoms with Crippen LogP contribution in [0.5, 0.6) is 5.75 Å². The Bertz CT molecular complexity index is 1290. The highest BCUT2D eigenvalue weighted by molar-refractivity contribution is 8.32. The van der Waals surface area contributed by atoms with Gasteiger partial charge in [-0.05, 0) is 60.7 Å². The molecule has 2 heterocycles. The van der Waals surface area contributed by atoms with Gasteiger partial charge in [-0.2, -0.15) is 13.2 Å². The van der Waals surface area contributed by atoms with Gasteiger partial charge in [-0.3, -0.25) is 4.98 Å². The Hall–Kier alpha value is -3.37. The molecule has 0 unspecified atom stereocenters. The molecule has 4 aromatic rings. The zero-order valence-electron chi connectivity index (χ0n) is 20.9. The molecule has 0 amide bonds. The summed E-state index contributed by atoms with van der Waals surface area (Å²) in [6.07, 6.45) is 3.29. The highest BCUT2D eigenvalue weighted by Crippen LogP contribution is 2.34. The van der Waals surface area contributed by atoms with Crippen LogP contribution >= 0.6 is 10.0 Å². The molecule has 0 aliphatic rings. The van der Waals surface area contributed by atoms with E-state index in [-0.39, 0.29) is 12.6 Å². The van der Waals surface area contributed by atoms with Gasteiger partial charge in [0, 0.05) is 23.1 Å². The first-order valence-corrected chi connectivity index (χ1v) is 14.6. The van der Waals surface area contributed by atoms with Crippen molar-refractivity contribution >= 4 is 10.0 Å². The van der Waals surface area contributed by atoms with Crippen molar-refractivity contribution in [1.29, 1.82) is 0 Å². The highest BCUT2D eigenvalue weighted by atomic mass is 32.3. The quantitative estimate of drug-likeness (QED) is 0.226. The summed E-state index contributed by atoms with van der Waals surface area (Å²) >= 11 is 0. The van der Waals surface area contributed by atoms with Crippen molar-refractivity contribution in [2.24, 2.45) is 0 Å². The molecule has 4 rings (SSSR count). The van der Waals surface area contributed by atoms with Gasteiger partial charge in [0.05, 0.1) is 12.3 Å². The van der Waals surface area contributed by atoms with E-state index in [1.807, 2.05) is 54.6 Å². The number of alkyl halides is 3. The predicted molar refractivity (Wildman–Crippen MR) is 141 cm³/mol. The fraction of sp³-hybridized carbons (Fsp3) is 0.296. The van der Waals surface area contributed by atoms with Crippen LogP contribution in [0.2, 0.25) is 0 Å². The molecule has 196 valence electrons. The Balaban J connectivity index is 1.46. The molecular weight excluding hydrogens is 501 g/mol. The second kappa shape index (κ2) is 11.4. The van der Waals surface area contributed by atoms with Gasteiger partial charge in [0.1, 0.15) is 19.1 Å². The minimum Gasteiger partial charge on any atom is -0.489 e. The van der Waals surface area contributed by atoms with Gasteiger partial charge in [-0.1, -0.05) is 30.3 Å². The minimum absolute atomic E-state index is 0.0548. The van der Waals surface area contributed by atoms with Crippen LogP contribution in [0.1, 0.15) is 11.4 Å². The highest BCUT2D eigenvalue weighted by Gasteiger charge is 2.37. The van der Waals surface area contributed by atoms with E-state index in [9.17, 15) is 13.2 Å². The van der Waals surface area contributed by atoms with Crippen LogP contribution < -0.4 is 4.74 Å². The van der Waals surface area contributed by atoms with Crippen molar-refractivity contribution in [1.82, 2.24) is 19.7 Å². The maximum atomic E-state index is 13.3. The summed E-state index contributed by atoms with van der Waals surface area (Å²) in [4.78, 5) is 8.18. The van der Waals surface area contributed by atoms with E-state index in [0.717, 1.165) is 27.3 Å². The molecular formula is C27H29F3N4O2S. The fourth-order valence-electron chi connectivity index (χ4n) is 3.39. The minimum atomic E-state index is -4.66. The molecule has 0 bridgehead atoms. The van der Waals surface area contributed by atoms with E-state index in [4.69, 9.17) is 9.47 Å². The van der Waals surface area contributed by atoms with Gasteiger partial charge in [-0.25, -0.2) is 19.7 Å². The Morgan fingerprint density at radius 2 is 1.59 bits per heavy atom. The second-order valence-corrected chi connectivity index (χ2v) is 13.9. The summed E-state index contributed by atoms with van der Waals surface area (Å²) in [7, 11) is -0.777. The smallest absolute Gasteiger partial charge is 0.453 e. The molecule has 2 aromatic carbocycles. The van der Waals surface area contributed by atoms with Gasteiger partial charge in [0.25, 0.3) is 5.82 Å². The fourth-order valence-corrected chi connectivity index (χ4v) is 4.00. The number of hydrogen-bond acceptors (Lipinski definition) is 5. The average molecular weight is 531 g/mol. The maximum absolute atomic E-state index is 13.3. The van der Waals surface area contributed by atoms with Crippen molar-refractivity contribution < 1.29 is 22.6 Å². The van der Waals surface area contributed by atoms with Gasteiger partial charge >= 0.3 is 6.18 Å². The summed E-state index contributed by atoms with van der Waals surface area (Å²) in [5, 5.41) is 3.64. The topological polar surface area (TPSA) is 62.1 Å². The Labute approximate surface area is 215 Å². The Morgan fingerprint density at radius 3 is 2.22 bits per heavy atom. The number of rotatable bonds is 10. The van der Waals surface area contributed by atoms with Crippen LogP contribution in [0.25, 0.3) is 22.6 Å². The molecule has 0 saturated heterocycles. The number of aromatic nitrogens is 4. The number of halogens is 3. The molecule has 0 aliphatic heterocycles. The van der Waals surface area contributed by atoms with Gasteiger partial charge in [-0.15, -0.1) is 5.10 Å². The molecule has 37 heavy (non-hydrogen) atoms. The lowest BCUT2D eigenvalue weighted by Crippen LogP contribution is -2.13. The van der Waals surface area contributed by atoms with Crippen molar-refractivity contribution in [3.8, 4) is 28.4 Å². The first kappa shape index (κ1) is 26.7. The van der Waals surface area contributed by atoms with E-state index in [1.165, 1.54) is 6.20 Å². The molecule has 0 aliphatic carbocycles. The van der Waals surface area contributed by atoms with Crippen molar-refractivity contribution in [3.05, 3.63) is 84.3 Å². The van der Waals surface area contributed by atoms with E-state index in [1.54, 1.807) is 12.1 Å². The molecule has 10 heteroatoms. The van der Waals surface area contributed by atoms with Crippen molar-refractivity contribution in [3.63, 3.8) is 0 Å². The molecule has 0 radical (unpaired) electrons. The summed E-state index contributed by atoms with van der Waals surface area (Å²) in [6, 6.07) is 20.8. The monoisotopic (exact) mass is 530 g/mol. The third kappa shape index (κ3) is 7.56. The zero-order chi connectivity index (χ0) is 26.5. The van der Waals surface area contributed by atoms with Crippen molar-refractivity contribution in [2.45, 2.75) is 19.5 Å². The van der Waals surface area contributed by atoms with Crippen LogP contribution in [-0.4, -0.2) is 50.9 Å². The van der Waals surface area contributed by atoms with Crippen LogP contribution in [0, 0.1) is 0 Å². The molecule has 6 nitrogen and oxygen atoms in total. The number of nitrogens with zero attached hydrogens (tertiary/aromatic N) is 4. The van der Waals surface area contributed by atoms with E-state index < -0.39 is 22.0 Å². The molecule has 0 fully saturated rings.